The molecule has 2 N–H and O–H groups in total. The maximum atomic E-state index is 12.2. The number of halogens is 2. The number of hydrogen-bond acceptors (Lipinski definition) is 4. The van der Waals surface area contributed by atoms with Gasteiger partial charge in [-0.1, -0.05) is 35.3 Å². The molecule has 6 nitrogen and oxygen atoms in total. The molecule has 0 saturated heterocycles. The molecule has 0 bridgehead atoms. The van der Waals surface area contributed by atoms with Gasteiger partial charge in [-0.25, -0.2) is 13.1 Å². The van der Waals surface area contributed by atoms with Crippen LogP contribution in [0.2, 0.25) is 10.0 Å². The quantitative estimate of drug-likeness (QED) is 0.494. The minimum absolute atomic E-state index is 0.0575. The largest absolute Gasteiger partial charge is 0.481 e. The summed E-state index contributed by atoms with van der Waals surface area (Å²) in [6, 6.07) is 10.3. The molecule has 0 saturated carbocycles. The van der Waals surface area contributed by atoms with E-state index in [0.29, 0.717) is 21.2 Å². The zero-order chi connectivity index (χ0) is 20.0. The topological polar surface area (TPSA) is 101 Å². The van der Waals surface area contributed by atoms with Gasteiger partial charge in [-0.15, -0.1) is 0 Å². The molecule has 2 aromatic carbocycles. The Bertz CT molecular complexity index is 985. The van der Waals surface area contributed by atoms with Crippen molar-refractivity contribution in [2.45, 2.75) is 11.3 Å². The molecule has 0 aliphatic rings. The zero-order valence-corrected chi connectivity index (χ0v) is 16.2. The molecule has 9 heteroatoms. The molecule has 142 valence electrons. The van der Waals surface area contributed by atoms with Gasteiger partial charge in [0.05, 0.1) is 21.4 Å². The van der Waals surface area contributed by atoms with Crippen LogP contribution in [0, 0.1) is 0 Å². The average molecular weight is 428 g/mol. The van der Waals surface area contributed by atoms with Crippen LogP contribution < -0.4 is 4.72 Å². The van der Waals surface area contributed by atoms with Crippen molar-refractivity contribution < 1.29 is 23.1 Å². The lowest BCUT2D eigenvalue weighted by Crippen LogP contribution is -2.26. The Morgan fingerprint density at radius 1 is 1.04 bits per heavy atom. The number of sulfonamides is 1. The first kappa shape index (κ1) is 21.1. The average Bonchev–Trinajstić information content (AvgIpc) is 2.62. The van der Waals surface area contributed by atoms with E-state index in [9.17, 15) is 18.0 Å². The molecule has 0 aromatic heterocycles. The number of benzene rings is 2. The van der Waals surface area contributed by atoms with Crippen LogP contribution in [0.15, 0.2) is 53.4 Å². The van der Waals surface area contributed by atoms with Crippen LogP contribution in [0.1, 0.15) is 22.3 Å². The highest BCUT2D eigenvalue weighted by molar-refractivity contribution is 7.89. The Morgan fingerprint density at radius 3 is 2.30 bits per heavy atom. The lowest BCUT2D eigenvalue weighted by atomic mass is 10.1. The summed E-state index contributed by atoms with van der Waals surface area (Å²) in [7, 11) is -3.83. The predicted octanol–water partition coefficient (Wildman–Crippen LogP) is 3.64. The first-order valence-electron chi connectivity index (χ1n) is 7.68. The van der Waals surface area contributed by atoms with Crippen LogP contribution in [0.3, 0.4) is 0 Å². The second-order valence-corrected chi connectivity index (χ2v) is 8.02. The molecule has 0 atom stereocenters. The molecule has 0 radical (unpaired) electrons. The molecule has 0 spiro atoms. The van der Waals surface area contributed by atoms with Gasteiger partial charge >= 0.3 is 5.97 Å². The van der Waals surface area contributed by atoms with Crippen molar-refractivity contribution in [3.05, 3.63) is 69.7 Å². The fraction of sp³-hybridized carbons (Fsp3) is 0.111. The van der Waals surface area contributed by atoms with E-state index in [1.807, 2.05) is 0 Å². The van der Waals surface area contributed by atoms with Gasteiger partial charge in [-0.2, -0.15) is 0 Å². The molecule has 2 aromatic rings. The Balaban J connectivity index is 2.07. The number of aliphatic carboxylic acids is 1. The number of carbonyl (C=O) groups excluding carboxylic acids is 1. The highest BCUT2D eigenvalue weighted by Crippen LogP contribution is 2.23. The standard InChI is InChI=1S/C18H15Cl2NO5S/c19-15-7-1-12(11-16(15)20)2-8-17(22)13-3-5-14(6-4-13)27(25,26)21-10-9-18(23)24/h1-8,11,21H,9-10H2,(H,23,24)/b8-2+. The minimum atomic E-state index is -3.83. The maximum absolute atomic E-state index is 12.2. The van der Waals surface area contributed by atoms with E-state index < -0.39 is 16.0 Å². The lowest BCUT2D eigenvalue weighted by molar-refractivity contribution is -0.136. The molecule has 2 rings (SSSR count). The first-order chi connectivity index (χ1) is 12.7. The fourth-order valence-corrected chi connectivity index (χ4v) is 3.40. The zero-order valence-electron chi connectivity index (χ0n) is 13.9. The van der Waals surface area contributed by atoms with Gasteiger partial charge in [0.2, 0.25) is 10.0 Å². The number of rotatable bonds is 8. The molecule has 0 aliphatic carbocycles. The number of carboxylic acids is 1. The van der Waals surface area contributed by atoms with E-state index in [1.165, 1.54) is 30.3 Å². The van der Waals surface area contributed by atoms with Crippen LogP contribution >= 0.6 is 23.2 Å². The molecule has 0 aliphatic heterocycles. The monoisotopic (exact) mass is 427 g/mol. The highest BCUT2D eigenvalue weighted by atomic mass is 35.5. The van der Waals surface area contributed by atoms with Crippen molar-refractivity contribution in [2.75, 3.05) is 6.54 Å². The maximum Gasteiger partial charge on any atom is 0.304 e. The van der Waals surface area contributed by atoms with Gasteiger partial charge in [-0.05, 0) is 48.0 Å². The Labute approximate surface area is 166 Å². The van der Waals surface area contributed by atoms with E-state index in [-0.39, 0.29) is 23.6 Å². The summed E-state index contributed by atoms with van der Waals surface area (Å²) in [4.78, 5) is 22.6. The summed E-state index contributed by atoms with van der Waals surface area (Å²) in [6.07, 6.45) is 2.59. The van der Waals surface area contributed by atoms with Crippen molar-refractivity contribution in [1.29, 1.82) is 0 Å². The number of nitrogens with one attached hydrogen (secondary N) is 1. The smallest absolute Gasteiger partial charge is 0.304 e. The summed E-state index contributed by atoms with van der Waals surface area (Å²) in [5, 5.41) is 9.33. The lowest BCUT2D eigenvalue weighted by Gasteiger charge is -2.06. The number of allylic oxidation sites excluding steroid dienone is 1. The SMILES string of the molecule is O=C(O)CCNS(=O)(=O)c1ccc(C(=O)/C=C/c2ccc(Cl)c(Cl)c2)cc1. The predicted molar refractivity (Wildman–Crippen MR) is 104 cm³/mol. The van der Waals surface area contributed by atoms with Crippen LogP contribution in [0.5, 0.6) is 0 Å². The first-order valence-corrected chi connectivity index (χ1v) is 9.92. The molecular weight excluding hydrogens is 413 g/mol. The third-order valence-electron chi connectivity index (χ3n) is 3.45. The van der Waals surface area contributed by atoms with E-state index >= 15 is 0 Å². The highest BCUT2D eigenvalue weighted by Gasteiger charge is 2.14. The number of hydrogen-bond donors (Lipinski definition) is 2. The normalized spacial score (nSPS) is 11.6. The fourth-order valence-electron chi connectivity index (χ4n) is 2.06. The molecule has 0 amide bonds. The van der Waals surface area contributed by atoms with Crippen molar-refractivity contribution in [1.82, 2.24) is 4.72 Å². The van der Waals surface area contributed by atoms with Gasteiger partial charge in [-0.3, -0.25) is 9.59 Å². The van der Waals surface area contributed by atoms with Gasteiger partial charge in [0.15, 0.2) is 5.78 Å². The summed E-state index contributed by atoms with van der Waals surface area (Å²) in [6.45, 7) is -0.218. The molecular formula is C18H15Cl2NO5S. The minimum Gasteiger partial charge on any atom is -0.481 e. The van der Waals surface area contributed by atoms with E-state index in [0.717, 1.165) is 0 Å². The van der Waals surface area contributed by atoms with Crippen LogP contribution in [-0.2, 0) is 14.8 Å². The second kappa shape index (κ2) is 9.14. The molecule has 0 fully saturated rings. The van der Waals surface area contributed by atoms with Crippen molar-refractivity contribution in [2.24, 2.45) is 0 Å². The summed E-state index contributed by atoms with van der Waals surface area (Å²) >= 11 is 11.7. The number of carboxylic acid groups (broad SMARTS) is 1. The Morgan fingerprint density at radius 2 is 1.70 bits per heavy atom. The Kier molecular flexibility index (Phi) is 7.15. The van der Waals surface area contributed by atoms with E-state index in [2.05, 4.69) is 4.72 Å². The third kappa shape index (κ3) is 6.18. The van der Waals surface area contributed by atoms with Gasteiger partial charge in [0.1, 0.15) is 0 Å². The third-order valence-corrected chi connectivity index (χ3v) is 5.67. The van der Waals surface area contributed by atoms with E-state index in [4.69, 9.17) is 28.3 Å². The summed E-state index contributed by atoms with van der Waals surface area (Å²) in [5.41, 5.74) is 0.996. The molecule has 0 unspecified atom stereocenters. The number of ketones is 1. The van der Waals surface area contributed by atoms with Gasteiger partial charge < -0.3 is 5.11 Å². The Hall–Kier alpha value is -2.19. The molecule has 27 heavy (non-hydrogen) atoms. The van der Waals surface area contributed by atoms with Crippen LogP contribution in [0.25, 0.3) is 6.08 Å². The second-order valence-electron chi connectivity index (χ2n) is 5.44. The van der Waals surface area contributed by atoms with Gasteiger partial charge in [0.25, 0.3) is 0 Å². The van der Waals surface area contributed by atoms with Crippen LogP contribution in [0.4, 0.5) is 0 Å². The summed E-state index contributed by atoms with van der Waals surface area (Å²) < 4.78 is 26.3. The summed E-state index contributed by atoms with van der Waals surface area (Å²) in [5.74, 6) is -1.42. The van der Waals surface area contributed by atoms with E-state index in [1.54, 1.807) is 24.3 Å². The van der Waals surface area contributed by atoms with Crippen molar-refractivity contribution in [3.63, 3.8) is 0 Å². The van der Waals surface area contributed by atoms with Crippen LogP contribution in [-0.4, -0.2) is 31.8 Å². The number of carbonyl (C=O) groups is 2. The van der Waals surface area contributed by atoms with Crippen molar-refractivity contribution in [3.8, 4) is 0 Å². The van der Waals surface area contributed by atoms with Gasteiger partial charge in [0, 0.05) is 12.1 Å². The van der Waals surface area contributed by atoms with Crippen molar-refractivity contribution >= 4 is 51.1 Å². The molecule has 0 heterocycles.